The van der Waals surface area contributed by atoms with Crippen LogP contribution in [0.15, 0.2) is 83.8 Å². The molecule has 0 aliphatic rings. The van der Waals surface area contributed by atoms with Gasteiger partial charge in [-0.15, -0.1) is 0 Å². The monoisotopic (exact) mass is 599 g/mol. The molecule has 0 heterocycles. The fourth-order valence-corrected chi connectivity index (χ4v) is 5.70. The summed E-state index contributed by atoms with van der Waals surface area (Å²) in [5.74, 6) is 0.0125. The summed E-state index contributed by atoms with van der Waals surface area (Å²) in [7, 11) is -4.17. The molecule has 0 spiro atoms. The summed E-state index contributed by atoms with van der Waals surface area (Å²) in [5.41, 5.74) is 1.29. The summed E-state index contributed by atoms with van der Waals surface area (Å²) in [6.07, 6.45) is 0.501. The van der Waals surface area contributed by atoms with Crippen molar-refractivity contribution in [3.05, 3.63) is 89.4 Å². The van der Waals surface area contributed by atoms with Gasteiger partial charge in [0.25, 0.3) is 10.0 Å². The number of carbonyl (C=O) groups is 2. The van der Waals surface area contributed by atoms with E-state index in [-0.39, 0.29) is 29.0 Å². The Morgan fingerprint density at radius 2 is 1.56 bits per heavy atom. The molecule has 0 aromatic heterocycles. The summed E-state index contributed by atoms with van der Waals surface area (Å²) in [5, 5.41) is 3.28. The molecule has 0 unspecified atom stereocenters. The third-order valence-electron chi connectivity index (χ3n) is 6.45. The summed E-state index contributed by atoms with van der Waals surface area (Å²) in [4.78, 5) is 28.4. The second-order valence-electron chi connectivity index (χ2n) is 10.0. The van der Waals surface area contributed by atoms with Crippen molar-refractivity contribution >= 4 is 39.1 Å². The number of anilines is 1. The minimum Gasteiger partial charge on any atom is -0.494 e. The fraction of sp³-hybridized carbons (Fsp3) is 0.355. The second-order valence-corrected chi connectivity index (χ2v) is 12.3. The molecular weight excluding hydrogens is 562 g/mol. The van der Waals surface area contributed by atoms with E-state index < -0.39 is 28.5 Å². The molecule has 0 aliphatic carbocycles. The zero-order chi connectivity index (χ0) is 30.0. The first-order valence-electron chi connectivity index (χ1n) is 13.6. The van der Waals surface area contributed by atoms with Crippen LogP contribution in [-0.2, 0) is 26.0 Å². The molecule has 0 saturated carbocycles. The highest BCUT2D eigenvalue weighted by atomic mass is 35.5. The molecule has 0 saturated heterocycles. The van der Waals surface area contributed by atoms with Gasteiger partial charge in [0, 0.05) is 18.1 Å². The number of hydrogen-bond donors (Lipinski definition) is 1. The van der Waals surface area contributed by atoms with Gasteiger partial charge in [0.05, 0.1) is 17.2 Å². The molecule has 3 rings (SSSR count). The summed E-state index contributed by atoms with van der Waals surface area (Å²) >= 11 is 6.01. The molecule has 41 heavy (non-hydrogen) atoms. The number of nitrogens with zero attached hydrogens (tertiary/aromatic N) is 2. The van der Waals surface area contributed by atoms with Crippen LogP contribution in [-0.4, -0.2) is 57.4 Å². The Morgan fingerprint density at radius 3 is 2.15 bits per heavy atom. The molecule has 8 nitrogen and oxygen atoms in total. The molecule has 0 fully saturated rings. The first kappa shape index (κ1) is 32.0. The number of nitrogens with one attached hydrogen (secondary N) is 1. The van der Waals surface area contributed by atoms with Gasteiger partial charge in [-0.05, 0) is 80.3 Å². The van der Waals surface area contributed by atoms with Crippen LogP contribution in [0.2, 0.25) is 5.02 Å². The van der Waals surface area contributed by atoms with Crippen molar-refractivity contribution in [2.45, 2.75) is 45.1 Å². The van der Waals surface area contributed by atoms with Gasteiger partial charge >= 0.3 is 0 Å². The van der Waals surface area contributed by atoms with Gasteiger partial charge in [-0.25, -0.2) is 8.42 Å². The predicted octanol–water partition coefficient (Wildman–Crippen LogP) is 5.17. The van der Waals surface area contributed by atoms with Crippen LogP contribution in [0, 0.1) is 5.92 Å². The number of carbonyl (C=O) groups excluding carboxylic acids is 2. The Bertz CT molecular complexity index is 1380. The Labute approximate surface area is 248 Å². The molecule has 0 bridgehead atoms. The van der Waals surface area contributed by atoms with E-state index in [0.29, 0.717) is 30.3 Å². The molecule has 10 heteroatoms. The number of ether oxygens (including phenoxy) is 1. The molecule has 220 valence electrons. The average Bonchev–Trinajstić information content (AvgIpc) is 2.96. The van der Waals surface area contributed by atoms with E-state index in [1.807, 2.05) is 51.1 Å². The Kier molecular flexibility index (Phi) is 11.6. The SMILES string of the molecule is CCOc1ccc(N(CC(=O)N(CCc2ccccc2)[C@H](C)C(=O)NCC(C)C)S(=O)(=O)c2ccc(Cl)cc2)cc1. The lowest BCUT2D eigenvalue weighted by Gasteiger charge is -2.32. The molecule has 1 N–H and O–H groups in total. The maximum absolute atomic E-state index is 13.9. The van der Waals surface area contributed by atoms with Crippen molar-refractivity contribution in [2.75, 3.05) is 30.5 Å². The van der Waals surface area contributed by atoms with Crippen LogP contribution in [0.25, 0.3) is 0 Å². The lowest BCUT2D eigenvalue weighted by atomic mass is 10.1. The van der Waals surface area contributed by atoms with Gasteiger partial charge in [0.1, 0.15) is 18.3 Å². The van der Waals surface area contributed by atoms with Gasteiger partial charge < -0.3 is 15.0 Å². The molecule has 1 atom stereocenters. The smallest absolute Gasteiger partial charge is 0.264 e. The molecule has 3 aromatic rings. The first-order valence-corrected chi connectivity index (χ1v) is 15.5. The lowest BCUT2D eigenvalue weighted by molar-refractivity contribution is -0.138. The number of rotatable bonds is 14. The number of amides is 2. The van der Waals surface area contributed by atoms with Crippen molar-refractivity contribution < 1.29 is 22.7 Å². The molecule has 0 radical (unpaired) electrons. The molecule has 2 amide bonds. The number of benzene rings is 3. The van der Waals surface area contributed by atoms with Crippen LogP contribution < -0.4 is 14.4 Å². The van der Waals surface area contributed by atoms with Crippen molar-refractivity contribution in [3.8, 4) is 5.75 Å². The van der Waals surface area contributed by atoms with Gasteiger partial charge in [-0.3, -0.25) is 13.9 Å². The van der Waals surface area contributed by atoms with Gasteiger partial charge in [-0.2, -0.15) is 0 Å². The standard InChI is InChI=1S/C31H38ClN3O5S/c1-5-40-28-15-13-27(14-16-28)35(41(38,39)29-17-11-26(32)12-18-29)22-30(36)34(20-19-25-9-7-6-8-10-25)24(4)31(37)33-21-23(2)3/h6-18,23-24H,5,19-22H2,1-4H3,(H,33,37)/t24-/m1/s1. The molecule has 0 aliphatic heterocycles. The minimum absolute atomic E-state index is 0.0119. The largest absolute Gasteiger partial charge is 0.494 e. The second kappa shape index (κ2) is 14.9. The molecular formula is C31H38ClN3O5S. The summed E-state index contributed by atoms with van der Waals surface area (Å²) in [6.45, 7) is 8.14. The zero-order valence-corrected chi connectivity index (χ0v) is 25.5. The number of halogens is 1. The van der Waals surface area contributed by atoms with Crippen molar-refractivity contribution in [1.29, 1.82) is 0 Å². The van der Waals surface area contributed by atoms with E-state index in [1.165, 1.54) is 29.2 Å². The van der Waals surface area contributed by atoms with E-state index >= 15 is 0 Å². The van der Waals surface area contributed by atoms with Crippen LogP contribution in [0.4, 0.5) is 5.69 Å². The summed E-state index contributed by atoms with van der Waals surface area (Å²) < 4.78 is 34.3. The quantitative estimate of drug-likeness (QED) is 0.276. The lowest BCUT2D eigenvalue weighted by Crippen LogP contribution is -2.52. The van der Waals surface area contributed by atoms with Crippen LogP contribution in [0.3, 0.4) is 0 Å². The third kappa shape index (κ3) is 8.96. The highest BCUT2D eigenvalue weighted by Crippen LogP contribution is 2.27. The zero-order valence-electron chi connectivity index (χ0n) is 23.9. The highest BCUT2D eigenvalue weighted by Gasteiger charge is 2.32. The predicted molar refractivity (Wildman–Crippen MR) is 163 cm³/mol. The average molecular weight is 600 g/mol. The van der Waals surface area contributed by atoms with Gasteiger partial charge in [0.15, 0.2) is 0 Å². The number of hydrogen-bond acceptors (Lipinski definition) is 5. The van der Waals surface area contributed by atoms with Crippen molar-refractivity contribution in [1.82, 2.24) is 10.2 Å². The normalized spacial score (nSPS) is 12.0. The van der Waals surface area contributed by atoms with Crippen molar-refractivity contribution in [3.63, 3.8) is 0 Å². The highest BCUT2D eigenvalue weighted by molar-refractivity contribution is 7.92. The van der Waals surface area contributed by atoms with Gasteiger partial charge in [0.2, 0.25) is 11.8 Å². The minimum atomic E-state index is -4.17. The van der Waals surface area contributed by atoms with E-state index in [2.05, 4.69) is 5.32 Å². The Morgan fingerprint density at radius 1 is 0.927 bits per heavy atom. The first-order chi connectivity index (χ1) is 19.5. The Hall–Kier alpha value is -3.56. The van der Waals surface area contributed by atoms with Crippen molar-refractivity contribution in [2.24, 2.45) is 5.92 Å². The van der Waals surface area contributed by atoms with E-state index in [1.54, 1.807) is 31.2 Å². The maximum Gasteiger partial charge on any atom is 0.264 e. The number of sulfonamides is 1. The fourth-order valence-electron chi connectivity index (χ4n) is 4.16. The topological polar surface area (TPSA) is 96.0 Å². The van der Waals surface area contributed by atoms with Crippen LogP contribution >= 0.6 is 11.6 Å². The van der Waals surface area contributed by atoms with E-state index in [4.69, 9.17) is 16.3 Å². The molecule has 3 aromatic carbocycles. The maximum atomic E-state index is 13.9. The Balaban J connectivity index is 1.97. The third-order valence-corrected chi connectivity index (χ3v) is 8.49. The van der Waals surface area contributed by atoms with E-state index in [0.717, 1.165) is 9.87 Å². The van der Waals surface area contributed by atoms with Crippen LogP contribution in [0.1, 0.15) is 33.3 Å². The van der Waals surface area contributed by atoms with E-state index in [9.17, 15) is 18.0 Å². The summed E-state index contributed by atoms with van der Waals surface area (Å²) in [6, 6.07) is 21.1. The van der Waals surface area contributed by atoms with Crippen LogP contribution in [0.5, 0.6) is 5.75 Å². The van der Waals surface area contributed by atoms with Gasteiger partial charge in [-0.1, -0.05) is 55.8 Å².